The van der Waals surface area contributed by atoms with E-state index in [-0.39, 0.29) is 6.42 Å². The predicted molar refractivity (Wildman–Crippen MR) is 115 cm³/mol. The Labute approximate surface area is 183 Å². The van der Waals surface area contributed by atoms with E-state index < -0.39 is 60.2 Å². The van der Waals surface area contributed by atoms with Gasteiger partial charge in [0.15, 0.2) is 0 Å². The number of thioether (sulfide) groups is 2. The van der Waals surface area contributed by atoms with E-state index in [1.54, 1.807) is 6.26 Å². The number of nitrogens with one attached hydrogen (secondary N) is 3. The van der Waals surface area contributed by atoms with Crippen LogP contribution in [0.5, 0.6) is 0 Å². The van der Waals surface area contributed by atoms with Crippen LogP contribution in [0, 0.1) is 0 Å². The van der Waals surface area contributed by atoms with Crippen LogP contribution in [0.4, 0.5) is 0 Å². The maximum atomic E-state index is 12.4. The zero-order valence-corrected chi connectivity index (χ0v) is 18.8. The highest BCUT2D eigenvalue weighted by Crippen LogP contribution is 2.04. The van der Waals surface area contributed by atoms with Gasteiger partial charge in [0.05, 0.1) is 12.5 Å². The maximum Gasteiger partial charge on any atom is 0.326 e. The van der Waals surface area contributed by atoms with E-state index in [0.29, 0.717) is 17.9 Å². The molecule has 0 aliphatic rings. The molecular formula is C17H30N4O7S2. The fourth-order valence-corrected chi connectivity index (χ4v) is 3.17. The Morgan fingerprint density at radius 1 is 0.833 bits per heavy atom. The molecule has 172 valence electrons. The summed E-state index contributed by atoms with van der Waals surface area (Å²) < 4.78 is 0. The van der Waals surface area contributed by atoms with Crippen LogP contribution in [0.25, 0.3) is 0 Å². The second-order valence-corrected chi connectivity index (χ2v) is 8.43. The molecule has 30 heavy (non-hydrogen) atoms. The van der Waals surface area contributed by atoms with Crippen molar-refractivity contribution < 1.29 is 34.2 Å². The normalized spacial score (nSPS) is 14.7. The van der Waals surface area contributed by atoms with Crippen molar-refractivity contribution in [3.05, 3.63) is 0 Å². The first kappa shape index (κ1) is 28.0. The van der Waals surface area contributed by atoms with Crippen LogP contribution in [0.1, 0.15) is 26.2 Å². The molecule has 0 aliphatic carbocycles. The zero-order chi connectivity index (χ0) is 23.3. The molecule has 0 saturated carbocycles. The second-order valence-electron chi connectivity index (χ2n) is 6.46. The lowest BCUT2D eigenvalue weighted by Crippen LogP contribution is -2.56. The van der Waals surface area contributed by atoms with Crippen LogP contribution in [-0.4, -0.2) is 88.1 Å². The molecule has 0 radical (unpaired) electrons. The number of carboxylic acid groups (broad SMARTS) is 2. The summed E-state index contributed by atoms with van der Waals surface area (Å²) in [5, 5.41) is 25.1. The van der Waals surface area contributed by atoms with Crippen LogP contribution in [0.15, 0.2) is 0 Å². The van der Waals surface area contributed by atoms with Gasteiger partial charge in [0.2, 0.25) is 17.7 Å². The standard InChI is InChI=1S/C17H30N4O7S2/c1-9(19-15(25)10(18)4-6-29-2)14(24)21-12(8-13(22)23)16(26)20-11(17(27)28)5-7-30-3/h9-12H,4-8,18H2,1-3H3,(H,19,25)(H,20,26)(H,21,24)(H,22,23)(H,27,28). The number of nitrogens with two attached hydrogens (primary N) is 1. The largest absolute Gasteiger partial charge is 0.481 e. The van der Waals surface area contributed by atoms with Gasteiger partial charge in [-0.05, 0) is 43.8 Å². The van der Waals surface area contributed by atoms with Crippen molar-refractivity contribution in [2.75, 3.05) is 24.0 Å². The molecule has 0 aromatic carbocycles. The van der Waals surface area contributed by atoms with Crippen LogP contribution < -0.4 is 21.7 Å². The van der Waals surface area contributed by atoms with E-state index in [4.69, 9.17) is 10.8 Å². The second kappa shape index (κ2) is 14.9. The van der Waals surface area contributed by atoms with Crippen LogP contribution in [0.2, 0.25) is 0 Å². The molecule has 4 unspecified atom stereocenters. The average Bonchev–Trinajstić information content (AvgIpc) is 2.67. The molecule has 0 saturated heterocycles. The van der Waals surface area contributed by atoms with Gasteiger partial charge in [-0.25, -0.2) is 4.79 Å². The van der Waals surface area contributed by atoms with Crippen molar-refractivity contribution in [1.29, 1.82) is 0 Å². The number of aliphatic carboxylic acids is 2. The Morgan fingerprint density at radius 2 is 1.37 bits per heavy atom. The summed E-state index contributed by atoms with van der Waals surface area (Å²) in [7, 11) is 0. The van der Waals surface area contributed by atoms with Crippen molar-refractivity contribution >= 4 is 53.2 Å². The third-order valence-corrected chi connectivity index (χ3v) is 5.25. The lowest BCUT2D eigenvalue weighted by molar-refractivity contribution is -0.143. The average molecular weight is 467 g/mol. The predicted octanol–water partition coefficient (Wildman–Crippen LogP) is -1.15. The van der Waals surface area contributed by atoms with Gasteiger partial charge in [0.1, 0.15) is 18.1 Å². The Kier molecular flexibility index (Phi) is 13.9. The molecule has 3 amide bonds. The van der Waals surface area contributed by atoms with Gasteiger partial charge in [0.25, 0.3) is 0 Å². The lowest BCUT2D eigenvalue weighted by atomic mass is 10.1. The van der Waals surface area contributed by atoms with Gasteiger partial charge < -0.3 is 31.9 Å². The molecule has 0 bridgehead atoms. The quantitative estimate of drug-likeness (QED) is 0.172. The highest BCUT2D eigenvalue weighted by molar-refractivity contribution is 7.98. The van der Waals surface area contributed by atoms with E-state index in [1.807, 2.05) is 6.26 Å². The Morgan fingerprint density at radius 3 is 1.87 bits per heavy atom. The third-order valence-electron chi connectivity index (χ3n) is 3.96. The third kappa shape index (κ3) is 11.3. The summed E-state index contributed by atoms with van der Waals surface area (Å²) in [6, 6.07) is -4.60. The number of hydrogen-bond acceptors (Lipinski definition) is 8. The minimum atomic E-state index is -1.50. The van der Waals surface area contributed by atoms with Crippen LogP contribution in [0.3, 0.4) is 0 Å². The molecule has 0 heterocycles. The van der Waals surface area contributed by atoms with E-state index in [9.17, 15) is 29.1 Å². The topological polar surface area (TPSA) is 188 Å². The fraction of sp³-hybridized carbons (Fsp3) is 0.706. The summed E-state index contributed by atoms with van der Waals surface area (Å²) in [6.07, 6.45) is 3.44. The SMILES string of the molecule is CSCCC(N)C(=O)NC(C)C(=O)NC(CC(=O)O)C(=O)NC(CCSC)C(=O)O. The molecule has 0 fully saturated rings. The van der Waals surface area contributed by atoms with Gasteiger partial charge in [-0.1, -0.05) is 0 Å². The number of rotatable bonds is 15. The monoisotopic (exact) mass is 466 g/mol. The van der Waals surface area contributed by atoms with E-state index >= 15 is 0 Å². The van der Waals surface area contributed by atoms with Gasteiger partial charge in [-0.3, -0.25) is 19.2 Å². The van der Waals surface area contributed by atoms with E-state index in [0.717, 1.165) is 0 Å². The van der Waals surface area contributed by atoms with Crippen molar-refractivity contribution in [2.24, 2.45) is 5.73 Å². The Hall–Kier alpha value is -1.99. The number of hydrogen-bond donors (Lipinski definition) is 6. The van der Waals surface area contributed by atoms with Crippen LogP contribution in [-0.2, 0) is 24.0 Å². The zero-order valence-electron chi connectivity index (χ0n) is 17.2. The van der Waals surface area contributed by atoms with E-state index in [1.165, 1.54) is 30.4 Å². The number of carbonyl (C=O) groups is 5. The Balaban J connectivity index is 5.03. The highest BCUT2D eigenvalue weighted by atomic mass is 32.2. The summed E-state index contributed by atoms with van der Waals surface area (Å²) in [4.78, 5) is 59.1. The van der Waals surface area contributed by atoms with Gasteiger partial charge >= 0.3 is 11.9 Å². The maximum absolute atomic E-state index is 12.4. The molecule has 13 heteroatoms. The van der Waals surface area contributed by atoms with Gasteiger partial charge in [-0.2, -0.15) is 23.5 Å². The molecule has 7 N–H and O–H groups in total. The minimum Gasteiger partial charge on any atom is -0.481 e. The summed E-state index contributed by atoms with van der Waals surface area (Å²) in [6.45, 7) is 1.36. The highest BCUT2D eigenvalue weighted by Gasteiger charge is 2.30. The fourth-order valence-electron chi connectivity index (χ4n) is 2.21. The Bertz CT molecular complexity index is 621. The molecule has 0 aliphatic heterocycles. The first-order chi connectivity index (χ1) is 14.0. The summed E-state index contributed by atoms with van der Waals surface area (Å²) in [5.41, 5.74) is 5.73. The van der Waals surface area contributed by atoms with Crippen molar-refractivity contribution in [3.8, 4) is 0 Å². The summed E-state index contributed by atoms with van der Waals surface area (Å²) >= 11 is 2.91. The molecule has 11 nitrogen and oxygen atoms in total. The van der Waals surface area contributed by atoms with E-state index in [2.05, 4.69) is 16.0 Å². The molecule has 0 aromatic rings. The van der Waals surface area contributed by atoms with Crippen molar-refractivity contribution in [3.63, 3.8) is 0 Å². The molecule has 4 atom stereocenters. The first-order valence-corrected chi connectivity index (χ1v) is 11.9. The van der Waals surface area contributed by atoms with Gasteiger partial charge in [0, 0.05) is 0 Å². The molecular weight excluding hydrogens is 436 g/mol. The van der Waals surface area contributed by atoms with Crippen LogP contribution >= 0.6 is 23.5 Å². The number of carboxylic acids is 2. The molecule has 0 rings (SSSR count). The summed E-state index contributed by atoms with van der Waals surface area (Å²) in [5.74, 6) is -3.77. The van der Waals surface area contributed by atoms with Crippen molar-refractivity contribution in [1.82, 2.24) is 16.0 Å². The number of amides is 3. The minimum absolute atomic E-state index is 0.135. The smallest absolute Gasteiger partial charge is 0.326 e. The van der Waals surface area contributed by atoms with Crippen molar-refractivity contribution in [2.45, 2.75) is 50.4 Å². The number of carbonyl (C=O) groups excluding carboxylic acids is 3. The molecule has 0 aromatic heterocycles. The lowest BCUT2D eigenvalue weighted by Gasteiger charge is -2.23. The first-order valence-electron chi connectivity index (χ1n) is 9.12. The van der Waals surface area contributed by atoms with Gasteiger partial charge in [-0.15, -0.1) is 0 Å². The molecule has 0 spiro atoms.